The zero-order chi connectivity index (χ0) is 6.85. The van der Waals surface area contributed by atoms with Crippen molar-refractivity contribution in [1.82, 2.24) is 4.90 Å². The second-order valence-corrected chi connectivity index (χ2v) is 2.73. The van der Waals surface area contributed by atoms with Gasteiger partial charge in [-0.3, -0.25) is 0 Å². The van der Waals surface area contributed by atoms with Crippen LogP contribution in [0.5, 0.6) is 0 Å². The molecule has 1 aliphatic heterocycles. The third-order valence-corrected chi connectivity index (χ3v) is 1.79. The van der Waals surface area contributed by atoms with Crippen LogP contribution >= 0.6 is 24.8 Å². The highest BCUT2D eigenvalue weighted by molar-refractivity contribution is 5.85. The molecule has 70 valence electrons. The van der Waals surface area contributed by atoms with E-state index in [9.17, 15) is 4.39 Å². The molecule has 1 rings (SSSR count). The molecule has 0 spiro atoms. The van der Waals surface area contributed by atoms with Crippen LogP contribution in [0.4, 0.5) is 4.39 Å². The first-order valence-corrected chi connectivity index (χ1v) is 3.28. The Bertz CT molecular complexity index is 105. The highest BCUT2D eigenvalue weighted by Gasteiger charge is 2.23. The summed E-state index contributed by atoms with van der Waals surface area (Å²) in [5.74, 6) is 0. The summed E-state index contributed by atoms with van der Waals surface area (Å²) in [5, 5.41) is 0. The van der Waals surface area contributed by atoms with Crippen LogP contribution in [-0.4, -0.2) is 37.3 Å². The number of halogens is 3. The van der Waals surface area contributed by atoms with Gasteiger partial charge < -0.3 is 10.6 Å². The van der Waals surface area contributed by atoms with Crippen LogP contribution in [0.1, 0.15) is 6.42 Å². The Balaban J connectivity index is 0. The molecule has 1 saturated heterocycles. The Morgan fingerprint density at radius 1 is 1.45 bits per heavy atom. The number of piperidine rings is 1. The Hall–Kier alpha value is 0.430. The minimum Gasteiger partial charge on any atom is -0.325 e. The lowest BCUT2D eigenvalue weighted by molar-refractivity contribution is 0.141. The molecular formula is C6H15Cl2FN2. The summed E-state index contributed by atoms with van der Waals surface area (Å²) >= 11 is 0. The van der Waals surface area contributed by atoms with Crippen LogP contribution in [0, 0.1) is 0 Å². The SMILES string of the molecule is CN1CCC(N)[C@H](F)C1.Cl.Cl. The highest BCUT2D eigenvalue weighted by atomic mass is 35.5. The number of alkyl halides is 1. The molecule has 0 aromatic heterocycles. The fourth-order valence-corrected chi connectivity index (χ4v) is 1.07. The van der Waals surface area contributed by atoms with Crippen molar-refractivity contribution >= 4 is 24.8 Å². The Labute approximate surface area is 79.1 Å². The number of nitrogens with zero attached hydrogens (tertiary/aromatic N) is 1. The monoisotopic (exact) mass is 204 g/mol. The lowest BCUT2D eigenvalue weighted by Crippen LogP contribution is -2.46. The van der Waals surface area contributed by atoms with Gasteiger partial charge in [-0.15, -0.1) is 24.8 Å². The molecule has 1 aliphatic rings. The van der Waals surface area contributed by atoms with E-state index >= 15 is 0 Å². The summed E-state index contributed by atoms with van der Waals surface area (Å²) in [5.41, 5.74) is 5.44. The van der Waals surface area contributed by atoms with Crippen LogP contribution in [0.15, 0.2) is 0 Å². The Morgan fingerprint density at radius 3 is 2.36 bits per heavy atom. The highest BCUT2D eigenvalue weighted by Crippen LogP contribution is 2.09. The quantitative estimate of drug-likeness (QED) is 0.634. The number of likely N-dealkylation sites (tertiary alicyclic amines) is 1. The lowest BCUT2D eigenvalue weighted by atomic mass is 10.1. The molecule has 2 N–H and O–H groups in total. The topological polar surface area (TPSA) is 29.3 Å². The van der Waals surface area contributed by atoms with Crippen molar-refractivity contribution in [3.63, 3.8) is 0 Å². The van der Waals surface area contributed by atoms with Crippen molar-refractivity contribution in [2.24, 2.45) is 5.73 Å². The predicted octanol–water partition coefficient (Wildman–Crippen LogP) is 0.831. The fraction of sp³-hybridized carbons (Fsp3) is 1.00. The molecule has 2 atom stereocenters. The Morgan fingerprint density at radius 2 is 2.00 bits per heavy atom. The lowest BCUT2D eigenvalue weighted by Gasteiger charge is -2.29. The van der Waals surface area contributed by atoms with Gasteiger partial charge in [0.1, 0.15) is 6.17 Å². The van der Waals surface area contributed by atoms with Gasteiger partial charge in [0, 0.05) is 12.6 Å². The summed E-state index contributed by atoms with van der Waals surface area (Å²) in [7, 11) is 1.92. The van der Waals surface area contributed by atoms with Crippen LogP contribution in [0.3, 0.4) is 0 Å². The van der Waals surface area contributed by atoms with Crippen molar-refractivity contribution in [3.8, 4) is 0 Å². The maximum Gasteiger partial charge on any atom is 0.128 e. The Kier molecular flexibility index (Phi) is 7.63. The van der Waals surface area contributed by atoms with Crippen LogP contribution < -0.4 is 5.73 Å². The van der Waals surface area contributed by atoms with Crippen molar-refractivity contribution in [1.29, 1.82) is 0 Å². The van der Waals surface area contributed by atoms with Gasteiger partial charge in [0.15, 0.2) is 0 Å². The normalized spacial score (nSPS) is 31.9. The third kappa shape index (κ3) is 4.11. The van der Waals surface area contributed by atoms with Gasteiger partial charge in [-0.1, -0.05) is 0 Å². The van der Waals surface area contributed by atoms with Crippen molar-refractivity contribution in [2.45, 2.75) is 18.6 Å². The van der Waals surface area contributed by atoms with Gasteiger partial charge in [0.2, 0.25) is 0 Å². The predicted molar refractivity (Wildman–Crippen MR) is 49.5 cm³/mol. The van der Waals surface area contributed by atoms with Crippen molar-refractivity contribution in [2.75, 3.05) is 20.1 Å². The molecule has 1 unspecified atom stereocenters. The molecule has 0 amide bonds. The standard InChI is InChI=1S/C6H13FN2.2ClH/c1-9-3-2-6(8)5(7)4-9;;/h5-6H,2-4,8H2,1H3;2*1H/t5-,6?;;/m1../s1. The molecule has 0 saturated carbocycles. The summed E-state index contributed by atoms with van der Waals surface area (Å²) in [4.78, 5) is 1.97. The first-order chi connectivity index (χ1) is 4.20. The molecule has 0 radical (unpaired) electrons. The zero-order valence-electron chi connectivity index (χ0n) is 6.50. The molecule has 2 nitrogen and oxygen atoms in total. The smallest absolute Gasteiger partial charge is 0.128 e. The summed E-state index contributed by atoms with van der Waals surface area (Å²) in [6, 6.07) is -0.221. The maximum absolute atomic E-state index is 12.7. The van der Waals surface area contributed by atoms with Gasteiger partial charge in [-0.2, -0.15) is 0 Å². The van der Waals surface area contributed by atoms with E-state index in [1.807, 2.05) is 11.9 Å². The zero-order valence-corrected chi connectivity index (χ0v) is 8.13. The van der Waals surface area contributed by atoms with Crippen LogP contribution in [-0.2, 0) is 0 Å². The van der Waals surface area contributed by atoms with E-state index in [0.717, 1.165) is 13.0 Å². The van der Waals surface area contributed by atoms with E-state index in [2.05, 4.69) is 0 Å². The van der Waals surface area contributed by atoms with E-state index in [4.69, 9.17) is 5.73 Å². The average molecular weight is 205 g/mol. The molecule has 0 aromatic carbocycles. The maximum atomic E-state index is 12.7. The minimum absolute atomic E-state index is 0. The second-order valence-electron chi connectivity index (χ2n) is 2.73. The van der Waals surface area contributed by atoms with E-state index in [0.29, 0.717) is 6.54 Å². The first-order valence-electron chi connectivity index (χ1n) is 3.28. The molecule has 0 aromatic rings. The number of rotatable bonds is 0. The number of hydrogen-bond donors (Lipinski definition) is 1. The summed E-state index contributed by atoms with van der Waals surface area (Å²) in [6.45, 7) is 1.43. The minimum atomic E-state index is -0.816. The molecule has 1 fully saturated rings. The molecule has 5 heteroatoms. The summed E-state index contributed by atoms with van der Waals surface area (Å²) < 4.78 is 12.7. The fourth-order valence-electron chi connectivity index (χ4n) is 1.07. The molecule has 0 bridgehead atoms. The van der Waals surface area contributed by atoms with E-state index in [1.54, 1.807) is 0 Å². The van der Waals surface area contributed by atoms with Gasteiger partial charge in [-0.05, 0) is 20.0 Å². The van der Waals surface area contributed by atoms with Crippen LogP contribution in [0.2, 0.25) is 0 Å². The van der Waals surface area contributed by atoms with Gasteiger partial charge >= 0.3 is 0 Å². The van der Waals surface area contributed by atoms with Crippen LogP contribution in [0.25, 0.3) is 0 Å². The van der Waals surface area contributed by atoms with E-state index in [1.165, 1.54) is 0 Å². The van der Waals surface area contributed by atoms with Crippen molar-refractivity contribution < 1.29 is 4.39 Å². The van der Waals surface area contributed by atoms with E-state index < -0.39 is 6.17 Å². The molecule has 0 aliphatic carbocycles. The van der Waals surface area contributed by atoms with Gasteiger partial charge in [0.25, 0.3) is 0 Å². The largest absolute Gasteiger partial charge is 0.325 e. The third-order valence-electron chi connectivity index (χ3n) is 1.79. The first kappa shape index (κ1) is 14.0. The molecule has 11 heavy (non-hydrogen) atoms. The summed E-state index contributed by atoms with van der Waals surface area (Å²) in [6.07, 6.45) is -0.0266. The number of hydrogen-bond acceptors (Lipinski definition) is 2. The average Bonchev–Trinajstić information content (AvgIpc) is 1.80. The van der Waals surface area contributed by atoms with Crippen molar-refractivity contribution in [3.05, 3.63) is 0 Å². The van der Waals surface area contributed by atoms with Gasteiger partial charge in [0.05, 0.1) is 0 Å². The van der Waals surface area contributed by atoms with E-state index in [-0.39, 0.29) is 30.9 Å². The van der Waals surface area contributed by atoms with Gasteiger partial charge in [-0.25, -0.2) is 4.39 Å². The second kappa shape index (κ2) is 6.00. The number of nitrogens with two attached hydrogens (primary N) is 1. The molecular weight excluding hydrogens is 190 g/mol. The molecule has 1 heterocycles.